The second-order valence-electron chi connectivity index (χ2n) is 8.64. The number of benzene rings is 1. The van der Waals surface area contributed by atoms with E-state index in [1.165, 1.54) is 12.8 Å². The monoisotopic (exact) mass is 349 g/mol. The van der Waals surface area contributed by atoms with Gasteiger partial charge in [0.05, 0.1) is 6.10 Å². The molecule has 4 rings (SSSR count). The standard InChI is InChI=1S/C20H28ClNO2/c1-19(2)14-8-9-20(19,3)18-13(14)11-17(24-18)23-16(22)10-12-6-4-5-7-15(12)21/h4-7,13-14,16-18H,8-11,22H2,1-3H3/t13-,14+,16-,17-,18-,20-/m0/s1. The number of rotatable bonds is 4. The molecule has 1 aromatic rings. The Morgan fingerprint density at radius 2 is 2.08 bits per heavy atom. The van der Waals surface area contributed by atoms with Crippen molar-refractivity contribution in [1.82, 2.24) is 0 Å². The molecule has 0 aromatic heterocycles. The molecule has 1 aromatic carbocycles. The molecule has 132 valence electrons. The Bertz CT molecular complexity index is 634. The Balaban J connectivity index is 1.40. The minimum Gasteiger partial charge on any atom is -0.348 e. The maximum atomic E-state index is 6.36. The van der Waals surface area contributed by atoms with Crippen molar-refractivity contribution in [2.45, 2.75) is 65.1 Å². The molecule has 0 unspecified atom stereocenters. The van der Waals surface area contributed by atoms with Crippen molar-refractivity contribution in [3.05, 3.63) is 34.9 Å². The third kappa shape index (κ3) is 2.36. The van der Waals surface area contributed by atoms with Gasteiger partial charge in [-0.05, 0) is 47.1 Å². The van der Waals surface area contributed by atoms with Gasteiger partial charge in [0.25, 0.3) is 0 Å². The average molecular weight is 350 g/mol. The molecule has 1 aliphatic heterocycles. The molecule has 1 heterocycles. The first-order valence-electron chi connectivity index (χ1n) is 9.13. The Morgan fingerprint density at radius 3 is 2.79 bits per heavy atom. The first-order valence-corrected chi connectivity index (χ1v) is 9.50. The average Bonchev–Trinajstić information content (AvgIpc) is 3.07. The summed E-state index contributed by atoms with van der Waals surface area (Å²) in [5.74, 6) is 1.37. The summed E-state index contributed by atoms with van der Waals surface area (Å²) < 4.78 is 12.4. The van der Waals surface area contributed by atoms with Gasteiger partial charge in [0.1, 0.15) is 6.23 Å². The van der Waals surface area contributed by atoms with Crippen LogP contribution in [0.25, 0.3) is 0 Å². The predicted molar refractivity (Wildman–Crippen MR) is 95.6 cm³/mol. The second kappa shape index (κ2) is 5.70. The Hall–Kier alpha value is -0.610. The highest BCUT2D eigenvalue weighted by Gasteiger charge is 2.69. The summed E-state index contributed by atoms with van der Waals surface area (Å²) in [4.78, 5) is 0. The van der Waals surface area contributed by atoms with Crippen LogP contribution in [0.4, 0.5) is 0 Å². The molecule has 4 heteroatoms. The Morgan fingerprint density at radius 1 is 1.33 bits per heavy atom. The molecule has 2 N–H and O–H groups in total. The van der Waals surface area contributed by atoms with Gasteiger partial charge in [0, 0.05) is 17.9 Å². The highest BCUT2D eigenvalue weighted by molar-refractivity contribution is 6.31. The molecule has 0 radical (unpaired) electrons. The largest absolute Gasteiger partial charge is 0.348 e. The fourth-order valence-corrected chi connectivity index (χ4v) is 5.91. The molecule has 0 spiro atoms. The van der Waals surface area contributed by atoms with E-state index in [1.807, 2.05) is 24.3 Å². The summed E-state index contributed by atoms with van der Waals surface area (Å²) in [5.41, 5.74) is 7.88. The van der Waals surface area contributed by atoms with E-state index in [9.17, 15) is 0 Å². The first-order chi connectivity index (χ1) is 11.3. The van der Waals surface area contributed by atoms with Crippen molar-refractivity contribution in [2.24, 2.45) is 28.4 Å². The van der Waals surface area contributed by atoms with E-state index in [2.05, 4.69) is 20.8 Å². The van der Waals surface area contributed by atoms with E-state index < -0.39 is 0 Å². The van der Waals surface area contributed by atoms with Crippen molar-refractivity contribution in [2.75, 3.05) is 0 Å². The first kappa shape index (κ1) is 16.8. The normalized spacial score (nSPS) is 40.7. The third-order valence-corrected chi connectivity index (χ3v) is 7.74. The van der Waals surface area contributed by atoms with Crippen molar-refractivity contribution in [3.8, 4) is 0 Å². The lowest BCUT2D eigenvalue weighted by molar-refractivity contribution is -0.184. The number of hydrogen-bond donors (Lipinski definition) is 1. The maximum Gasteiger partial charge on any atom is 0.160 e. The van der Waals surface area contributed by atoms with Crippen LogP contribution in [0.5, 0.6) is 0 Å². The van der Waals surface area contributed by atoms with Crippen molar-refractivity contribution < 1.29 is 9.47 Å². The van der Waals surface area contributed by atoms with Crippen molar-refractivity contribution in [1.29, 1.82) is 0 Å². The van der Waals surface area contributed by atoms with Crippen molar-refractivity contribution >= 4 is 11.6 Å². The molecule has 3 aliphatic rings. The zero-order valence-electron chi connectivity index (χ0n) is 14.8. The van der Waals surface area contributed by atoms with Gasteiger partial charge in [-0.1, -0.05) is 50.6 Å². The molecule has 24 heavy (non-hydrogen) atoms. The molecule has 3 nitrogen and oxygen atoms in total. The zero-order chi connectivity index (χ0) is 17.1. The summed E-state index contributed by atoms with van der Waals surface area (Å²) in [6.07, 6.45) is 3.95. The van der Waals surface area contributed by atoms with Gasteiger partial charge in [0.15, 0.2) is 6.29 Å². The van der Waals surface area contributed by atoms with E-state index in [1.54, 1.807) is 0 Å². The lowest BCUT2D eigenvalue weighted by Gasteiger charge is -2.38. The fourth-order valence-electron chi connectivity index (χ4n) is 5.70. The zero-order valence-corrected chi connectivity index (χ0v) is 15.6. The SMILES string of the molecule is CC1(C)[C@@H]2CC[C@@]1(C)[C@H]1O[C@H](O[C@H](N)Cc3ccccc3Cl)C[C@@H]21. The summed E-state index contributed by atoms with van der Waals surface area (Å²) in [5, 5.41) is 0.744. The molecule has 2 bridgehead atoms. The quantitative estimate of drug-likeness (QED) is 0.821. The summed E-state index contributed by atoms with van der Waals surface area (Å²) in [7, 11) is 0. The summed E-state index contributed by atoms with van der Waals surface area (Å²) in [6.45, 7) is 7.25. The van der Waals surface area contributed by atoms with Crippen LogP contribution in [0.3, 0.4) is 0 Å². The maximum absolute atomic E-state index is 6.36. The van der Waals surface area contributed by atoms with Crippen LogP contribution in [0.2, 0.25) is 5.02 Å². The summed E-state index contributed by atoms with van der Waals surface area (Å²) >= 11 is 6.22. The highest BCUT2D eigenvalue weighted by atomic mass is 35.5. The van der Waals surface area contributed by atoms with Gasteiger partial charge >= 0.3 is 0 Å². The van der Waals surface area contributed by atoms with E-state index in [0.717, 1.165) is 22.9 Å². The van der Waals surface area contributed by atoms with Gasteiger partial charge in [0.2, 0.25) is 0 Å². The van der Waals surface area contributed by atoms with Gasteiger partial charge in [-0.2, -0.15) is 0 Å². The topological polar surface area (TPSA) is 44.5 Å². The number of nitrogens with two attached hydrogens (primary N) is 1. The molecule has 6 atom stereocenters. The lowest BCUT2D eigenvalue weighted by atomic mass is 9.70. The number of hydrogen-bond acceptors (Lipinski definition) is 3. The van der Waals surface area contributed by atoms with Crippen LogP contribution in [0.1, 0.15) is 45.6 Å². The highest BCUT2D eigenvalue weighted by Crippen LogP contribution is 2.71. The Labute approximate surface area is 149 Å². The number of ether oxygens (including phenoxy) is 2. The number of halogens is 1. The molecule has 2 saturated carbocycles. The van der Waals surface area contributed by atoms with Gasteiger partial charge in [-0.3, -0.25) is 0 Å². The van der Waals surface area contributed by atoms with Crippen molar-refractivity contribution in [3.63, 3.8) is 0 Å². The smallest absolute Gasteiger partial charge is 0.160 e. The van der Waals surface area contributed by atoms with E-state index in [-0.39, 0.29) is 17.9 Å². The summed E-state index contributed by atoms with van der Waals surface area (Å²) in [6, 6.07) is 7.79. The Kier molecular flexibility index (Phi) is 4.00. The minimum absolute atomic E-state index is 0.173. The predicted octanol–water partition coefficient (Wildman–Crippen LogP) is 4.37. The molecule has 1 saturated heterocycles. The molecule has 2 aliphatic carbocycles. The van der Waals surface area contributed by atoms with Gasteiger partial charge in [-0.15, -0.1) is 0 Å². The van der Waals surface area contributed by atoms with Crippen LogP contribution >= 0.6 is 11.6 Å². The van der Waals surface area contributed by atoms with E-state index in [0.29, 0.717) is 23.9 Å². The van der Waals surface area contributed by atoms with Crippen LogP contribution in [-0.4, -0.2) is 18.6 Å². The molecular formula is C20H28ClNO2. The van der Waals surface area contributed by atoms with Gasteiger partial charge in [-0.25, -0.2) is 0 Å². The fraction of sp³-hybridized carbons (Fsp3) is 0.700. The van der Waals surface area contributed by atoms with E-state index >= 15 is 0 Å². The second-order valence-corrected chi connectivity index (χ2v) is 9.05. The lowest BCUT2D eigenvalue weighted by Crippen LogP contribution is -2.39. The van der Waals surface area contributed by atoms with E-state index in [4.69, 9.17) is 26.8 Å². The van der Waals surface area contributed by atoms with Gasteiger partial charge < -0.3 is 15.2 Å². The molecule has 0 amide bonds. The third-order valence-electron chi connectivity index (χ3n) is 7.38. The van der Waals surface area contributed by atoms with Crippen LogP contribution in [-0.2, 0) is 15.9 Å². The van der Waals surface area contributed by atoms with Crippen LogP contribution in [0.15, 0.2) is 24.3 Å². The minimum atomic E-state index is -0.382. The molecule has 3 fully saturated rings. The molecular weight excluding hydrogens is 322 g/mol. The number of fused-ring (bicyclic) bond motifs is 5. The van der Waals surface area contributed by atoms with Crippen LogP contribution in [0, 0.1) is 22.7 Å². The van der Waals surface area contributed by atoms with Crippen LogP contribution < -0.4 is 5.73 Å².